The normalized spacial score (nSPS) is 15.5. The number of nitro benzene ring substituents is 1. The predicted molar refractivity (Wildman–Crippen MR) is 108 cm³/mol. The Morgan fingerprint density at radius 3 is 2.50 bits per heavy atom. The van der Waals surface area contributed by atoms with Crippen LogP contribution >= 0.6 is 23.1 Å². The number of amides is 1. The van der Waals surface area contributed by atoms with Gasteiger partial charge in [0.1, 0.15) is 4.21 Å². The first-order valence-electron chi connectivity index (χ1n) is 8.56. The van der Waals surface area contributed by atoms with Gasteiger partial charge in [-0.3, -0.25) is 14.9 Å². The van der Waals surface area contributed by atoms with Gasteiger partial charge in [0.25, 0.3) is 5.69 Å². The topological polar surface area (TPSA) is 110 Å². The molecule has 1 aromatic carbocycles. The van der Waals surface area contributed by atoms with Gasteiger partial charge in [-0.25, -0.2) is 13.1 Å². The molecular formula is C17H19N3O5S3. The molecule has 1 N–H and O–H groups in total. The van der Waals surface area contributed by atoms with E-state index in [-0.39, 0.29) is 23.4 Å². The number of hydrogen-bond acceptors (Lipinski definition) is 7. The number of benzene rings is 1. The zero-order chi connectivity index (χ0) is 20.1. The van der Waals surface area contributed by atoms with E-state index in [0.717, 1.165) is 4.90 Å². The molecule has 8 nitrogen and oxygen atoms in total. The van der Waals surface area contributed by atoms with Crippen LogP contribution in [0.25, 0.3) is 0 Å². The number of thioether (sulfide) groups is 1. The van der Waals surface area contributed by atoms with Crippen molar-refractivity contribution >= 4 is 44.7 Å². The second-order valence-corrected chi connectivity index (χ2v) is 10.2. The van der Waals surface area contributed by atoms with Crippen molar-refractivity contribution in [2.75, 3.05) is 18.8 Å². The fraction of sp³-hybridized carbons (Fsp3) is 0.353. The molecule has 0 spiro atoms. The number of likely N-dealkylation sites (tertiary alicyclic amines) is 1. The van der Waals surface area contributed by atoms with Gasteiger partial charge in [-0.05, 0) is 36.4 Å². The van der Waals surface area contributed by atoms with Gasteiger partial charge in [0.05, 0.1) is 10.7 Å². The van der Waals surface area contributed by atoms with Crippen LogP contribution in [0.3, 0.4) is 0 Å². The van der Waals surface area contributed by atoms with Gasteiger partial charge in [0.2, 0.25) is 15.9 Å². The molecular weight excluding hydrogens is 422 g/mol. The van der Waals surface area contributed by atoms with Crippen molar-refractivity contribution in [2.45, 2.75) is 28.0 Å². The molecule has 0 bridgehead atoms. The van der Waals surface area contributed by atoms with Crippen LogP contribution in [0.2, 0.25) is 0 Å². The minimum atomic E-state index is -3.50. The lowest BCUT2D eigenvalue weighted by Gasteiger charge is -2.32. The Morgan fingerprint density at radius 2 is 1.93 bits per heavy atom. The average Bonchev–Trinajstić information content (AvgIpc) is 3.22. The van der Waals surface area contributed by atoms with Crippen LogP contribution in [0.1, 0.15) is 12.8 Å². The van der Waals surface area contributed by atoms with Crippen molar-refractivity contribution in [2.24, 2.45) is 0 Å². The van der Waals surface area contributed by atoms with Gasteiger partial charge in [0.15, 0.2) is 0 Å². The van der Waals surface area contributed by atoms with Gasteiger partial charge >= 0.3 is 0 Å². The Morgan fingerprint density at radius 1 is 1.25 bits per heavy atom. The Kier molecular flexibility index (Phi) is 6.70. The maximum Gasteiger partial charge on any atom is 0.269 e. The second-order valence-electron chi connectivity index (χ2n) is 6.25. The van der Waals surface area contributed by atoms with Crippen LogP contribution in [-0.4, -0.2) is 49.0 Å². The lowest BCUT2D eigenvalue weighted by atomic mass is 10.1. The Labute approximate surface area is 171 Å². The summed E-state index contributed by atoms with van der Waals surface area (Å²) < 4.78 is 27.6. The summed E-state index contributed by atoms with van der Waals surface area (Å²) >= 11 is 2.50. The Bertz CT molecular complexity index is 921. The lowest BCUT2D eigenvalue weighted by molar-refractivity contribution is -0.384. The zero-order valence-electron chi connectivity index (χ0n) is 14.8. The van der Waals surface area contributed by atoms with E-state index in [2.05, 4.69) is 4.72 Å². The molecule has 1 amide bonds. The highest BCUT2D eigenvalue weighted by molar-refractivity contribution is 8.00. The fourth-order valence-corrected chi connectivity index (χ4v) is 5.96. The molecule has 0 aliphatic carbocycles. The summed E-state index contributed by atoms with van der Waals surface area (Å²) in [6.07, 6.45) is 1.14. The first-order valence-corrected chi connectivity index (χ1v) is 11.9. The predicted octanol–water partition coefficient (Wildman–Crippen LogP) is 2.72. The number of carbonyl (C=O) groups excluding carboxylic acids is 1. The SMILES string of the molecule is O=C(CSc1ccc([N+](=O)[O-])cc1)N1CCC(NS(=O)(=O)c2cccs2)CC1. The summed E-state index contributed by atoms with van der Waals surface area (Å²) in [7, 11) is -3.50. The monoisotopic (exact) mass is 441 g/mol. The number of nitrogens with one attached hydrogen (secondary N) is 1. The third kappa shape index (κ3) is 5.31. The smallest absolute Gasteiger partial charge is 0.269 e. The van der Waals surface area contributed by atoms with E-state index in [0.29, 0.717) is 30.1 Å². The molecule has 1 fully saturated rings. The number of nitrogens with zero attached hydrogens (tertiary/aromatic N) is 2. The number of piperidine rings is 1. The van der Waals surface area contributed by atoms with E-state index < -0.39 is 14.9 Å². The fourth-order valence-electron chi connectivity index (χ4n) is 2.84. The third-order valence-corrected chi connectivity index (χ3v) is 8.25. The molecule has 0 atom stereocenters. The van der Waals surface area contributed by atoms with Crippen LogP contribution in [0, 0.1) is 10.1 Å². The highest BCUT2D eigenvalue weighted by atomic mass is 32.2. The molecule has 11 heteroatoms. The summed E-state index contributed by atoms with van der Waals surface area (Å²) in [6.45, 7) is 0.995. The number of hydrogen-bond donors (Lipinski definition) is 1. The highest BCUT2D eigenvalue weighted by Gasteiger charge is 2.27. The van der Waals surface area contributed by atoms with Crippen LogP contribution in [0.4, 0.5) is 5.69 Å². The molecule has 28 heavy (non-hydrogen) atoms. The number of non-ortho nitro benzene ring substituents is 1. The molecule has 150 valence electrons. The molecule has 1 saturated heterocycles. The summed E-state index contributed by atoms with van der Waals surface area (Å²) in [6, 6.07) is 9.17. The molecule has 1 aliphatic heterocycles. The number of thiophene rings is 1. The summed E-state index contributed by atoms with van der Waals surface area (Å²) in [5.74, 6) is 0.214. The highest BCUT2D eigenvalue weighted by Crippen LogP contribution is 2.23. The molecule has 2 heterocycles. The Hall–Kier alpha value is -1.95. The Balaban J connectivity index is 1.45. The summed E-state index contributed by atoms with van der Waals surface area (Å²) in [5, 5.41) is 12.4. The first-order chi connectivity index (χ1) is 13.3. The number of sulfonamides is 1. The number of rotatable bonds is 7. The van der Waals surface area contributed by atoms with Gasteiger partial charge in [-0.1, -0.05) is 6.07 Å². The third-order valence-electron chi connectivity index (χ3n) is 4.34. The molecule has 3 rings (SSSR count). The van der Waals surface area contributed by atoms with Crippen LogP contribution in [0.15, 0.2) is 50.9 Å². The lowest BCUT2D eigenvalue weighted by Crippen LogP contribution is -2.46. The molecule has 1 aliphatic rings. The standard InChI is InChI=1S/C17H19N3O5S3/c21-16(12-27-15-5-3-14(4-6-15)20(22)23)19-9-7-13(8-10-19)18-28(24,25)17-2-1-11-26-17/h1-6,11,13,18H,7-10,12H2. The minimum absolute atomic E-state index is 0.0164. The van der Waals surface area contributed by atoms with E-state index in [9.17, 15) is 23.3 Å². The maximum atomic E-state index is 12.4. The molecule has 2 aromatic rings. The number of carbonyl (C=O) groups is 1. The molecule has 1 aromatic heterocycles. The largest absolute Gasteiger partial charge is 0.342 e. The van der Waals surface area contributed by atoms with Crippen molar-refractivity contribution in [3.8, 4) is 0 Å². The zero-order valence-corrected chi connectivity index (χ0v) is 17.3. The van der Waals surface area contributed by atoms with E-state index >= 15 is 0 Å². The van der Waals surface area contributed by atoms with Crippen LogP contribution in [0.5, 0.6) is 0 Å². The van der Waals surface area contributed by atoms with Crippen molar-refractivity contribution in [1.29, 1.82) is 0 Å². The molecule has 0 radical (unpaired) electrons. The van der Waals surface area contributed by atoms with Gasteiger partial charge in [-0.2, -0.15) is 0 Å². The van der Waals surface area contributed by atoms with Crippen molar-refractivity contribution in [1.82, 2.24) is 9.62 Å². The maximum absolute atomic E-state index is 12.4. The quantitative estimate of drug-likeness (QED) is 0.402. The summed E-state index contributed by atoms with van der Waals surface area (Å²) in [5.41, 5.74) is 0.0164. The number of nitro groups is 1. The summed E-state index contributed by atoms with van der Waals surface area (Å²) in [4.78, 5) is 25.1. The van der Waals surface area contributed by atoms with Crippen LogP contribution in [-0.2, 0) is 14.8 Å². The van der Waals surface area contributed by atoms with Crippen molar-refractivity contribution in [3.05, 3.63) is 51.9 Å². The van der Waals surface area contributed by atoms with E-state index in [1.165, 1.54) is 35.2 Å². The van der Waals surface area contributed by atoms with E-state index in [1.807, 2.05) is 0 Å². The second kappa shape index (κ2) is 9.03. The van der Waals surface area contributed by atoms with Gasteiger partial charge in [0, 0.05) is 36.2 Å². The first kappa shape index (κ1) is 20.8. The van der Waals surface area contributed by atoms with Crippen molar-refractivity contribution < 1.29 is 18.1 Å². The van der Waals surface area contributed by atoms with Gasteiger partial charge < -0.3 is 4.90 Å². The van der Waals surface area contributed by atoms with E-state index in [4.69, 9.17) is 0 Å². The average molecular weight is 442 g/mol. The minimum Gasteiger partial charge on any atom is -0.342 e. The van der Waals surface area contributed by atoms with Gasteiger partial charge in [-0.15, -0.1) is 23.1 Å². The van der Waals surface area contributed by atoms with Crippen LogP contribution < -0.4 is 4.72 Å². The van der Waals surface area contributed by atoms with Crippen molar-refractivity contribution in [3.63, 3.8) is 0 Å². The molecule has 0 unspecified atom stereocenters. The van der Waals surface area contributed by atoms with E-state index in [1.54, 1.807) is 34.5 Å². The molecule has 0 saturated carbocycles.